The normalized spacial score (nSPS) is 10.9. The van der Waals surface area contributed by atoms with E-state index in [1.165, 1.54) is 31.2 Å². The van der Waals surface area contributed by atoms with Crippen LogP contribution in [-0.2, 0) is 13.0 Å². The summed E-state index contributed by atoms with van der Waals surface area (Å²) in [7, 11) is 0. The number of nitrogen functional groups attached to an aromatic ring is 1. The van der Waals surface area contributed by atoms with Gasteiger partial charge in [-0.1, -0.05) is 56.5 Å². The predicted molar refractivity (Wildman–Crippen MR) is 84.8 cm³/mol. The Morgan fingerprint density at radius 1 is 1.10 bits per heavy atom. The maximum Gasteiger partial charge on any atom is 0.127 e. The number of anilines is 1. The highest BCUT2D eigenvalue weighted by molar-refractivity contribution is 5.39. The van der Waals surface area contributed by atoms with Gasteiger partial charge in [-0.25, -0.2) is 4.98 Å². The van der Waals surface area contributed by atoms with Gasteiger partial charge in [0.2, 0.25) is 0 Å². The van der Waals surface area contributed by atoms with Gasteiger partial charge in [-0.15, -0.1) is 0 Å². The molecule has 0 fully saturated rings. The summed E-state index contributed by atoms with van der Waals surface area (Å²) < 4.78 is 2.12. The Bertz CT molecular complexity index is 529. The number of aromatic nitrogens is 2. The molecule has 0 amide bonds. The topological polar surface area (TPSA) is 43.8 Å². The number of unbranched alkanes of at least 4 members (excludes halogenated alkanes) is 3. The van der Waals surface area contributed by atoms with Crippen molar-refractivity contribution in [3.63, 3.8) is 0 Å². The van der Waals surface area contributed by atoms with Gasteiger partial charge in [0.25, 0.3) is 0 Å². The summed E-state index contributed by atoms with van der Waals surface area (Å²) in [6.45, 7) is 5.07. The lowest BCUT2D eigenvalue weighted by Crippen LogP contribution is -2.06. The molecule has 3 heteroatoms. The molecule has 2 rings (SSSR count). The molecule has 0 unspecified atom stereocenters. The smallest absolute Gasteiger partial charge is 0.127 e. The van der Waals surface area contributed by atoms with E-state index in [4.69, 9.17) is 5.73 Å². The van der Waals surface area contributed by atoms with E-state index in [1.54, 1.807) is 0 Å². The van der Waals surface area contributed by atoms with Crippen molar-refractivity contribution in [2.45, 2.75) is 52.5 Å². The molecule has 108 valence electrons. The fraction of sp³-hybridized carbons (Fsp3) is 0.471. The van der Waals surface area contributed by atoms with Crippen LogP contribution in [0.3, 0.4) is 0 Å². The maximum atomic E-state index is 6.27. The molecule has 1 aromatic heterocycles. The van der Waals surface area contributed by atoms with E-state index in [2.05, 4.69) is 40.7 Å². The summed E-state index contributed by atoms with van der Waals surface area (Å²) in [6, 6.07) is 10.4. The van der Waals surface area contributed by atoms with E-state index in [-0.39, 0.29) is 0 Å². The molecule has 0 radical (unpaired) electrons. The first-order valence-corrected chi connectivity index (χ1v) is 7.57. The second kappa shape index (κ2) is 7.13. The minimum Gasteiger partial charge on any atom is -0.384 e. The number of benzene rings is 1. The van der Waals surface area contributed by atoms with Crippen molar-refractivity contribution in [2.75, 3.05) is 5.73 Å². The molecule has 0 aliphatic heterocycles. The third kappa shape index (κ3) is 3.62. The van der Waals surface area contributed by atoms with Crippen LogP contribution >= 0.6 is 0 Å². The van der Waals surface area contributed by atoms with Gasteiger partial charge >= 0.3 is 0 Å². The van der Waals surface area contributed by atoms with Gasteiger partial charge in [0.15, 0.2) is 0 Å². The average molecular weight is 271 g/mol. The zero-order chi connectivity index (χ0) is 14.4. The van der Waals surface area contributed by atoms with E-state index in [9.17, 15) is 0 Å². The number of rotatable bonds is 7. The van der Waals surface area contributed by atoms with Crippen molar-refractivity contribution in [2.24, 2.45) is 0 Å². The van der Waals surface area contributed by atoms with E-state index >= 15 is 0 Å². The van der Waals surface area contributed by atoms with Gasteiger partial charge in [-0.2, -0.15) is 0 Å². The van der Waals surface area contributed by atoms with Gasteiger partial charge in [0.05, 0.1) is 12.2 Å². The number of nitrogens with two attached hydrogens (primary N) is 1. The zero-order valence-corrected chi connectivity index (χ0v) is 12.6. The number of hydrogen-bond acceptors (Lipinski definition) is 2. The van der Waals surface area contributed by atoms with Crippen molar-refractivity contribution < 1.29 is 0 Å². The number of hydrogen-bond donors (Lipinski definition) is 1. The van der Waals surface area contributed by atoms with Crippen molar-refractivity contribution in [1.29, 1.82) is 0 Å². The molecule has 0 atom stereocenters. The van der Waals surface area contributed by atoms with Crippen LogP contribution in [-0.4, -0.2) is 9.55 Å². The number of imidazole rings is 1. The molecule has 2 N–H and O–H groups in total. The third-order valence-corrected chi connectivity index (χ3v) is 3.72. The SMILES string of the molecule is CCCCCCc1nc(C)n(Cc2ccccc2)c1N. The molecule has 1 aromatic carbocycles. The largest absolute Gasteiger partial charge is 0.384 e. The lowest BCUT2D eigenvalue weighted by molar-refractivity contribution is 0.662. The summed E-state index contributed by atoms with van der Waals surface area (Å²) in [5, 5.41) is 0. The lowest BCUT2D eigenvalue weighted by Gasteiger charge is -2.08. The van der Waals surface area contributed by atoms with Crippen molar-refractivity contribution in [1.82, 2.24) is 9.55 Å². The molecule has 1 heterocycles. The Hall–Kier alpha value is -1.77. The zero-order valence-electron chi connectivity index (χ0n) is 12.6. The molecule has 0 bridgehead atoms. The summed E-state index contributed by atoms with van der Waals surface area (Å²) in [4.78, 5) is 4.64. The first-order valence-electron chi connectivity index (χ1n) is 7.57. The van der Waals surface area contributed by atoms with Crippen LogP contribution < -0.4 is 5.73 Å². The number of aryl methyl sites for hydroxylation is 2. The Morgan fingerprint density at radius 2 is 1.85 bits per heavy atom. The van der Waals surface area contributed by atoms with Gasteiger partial charge in [0.1, 0.15) is 11.6 Å². The van der Waals surface area contributed by atoms with Crippen LogP contribution in [0.25, 0.3) is 0 Å². The maximum absolute atomic E-state index is 6.27. The standard InChI is InChI=1S/C17H25N3/c1-3-4-5-9-12-16-17(18)20(14(2)19-16)13-15-10-7-6-8-11-15/h6-8,10-11H,3-5,9,12-13,18H2,1-2H3. The van der Waals surface area contributed by atoms with Gasteiger partial charge in [-0.05, 0) is 25.3 Å². The quantitative estimate of drug-likeness (QED) is 0.775. The van der Waals surface area contributed by atoms with Crippen LogP contribution in [0.1, 0.15) is 49.7 Å². The van der Waals surface area contributed by atoms with Crippen molar-refractivity contribution in [3.05, 3.63) is 47.4 Å². The minimum absolute atomic E-state index is 0.806. The Labute approximate surface area is 121 Å². The van der Waals surface area contributed by atoms with E-state index in [0.717, 1.165) is 30.3 Å². The average Bonchev–Trinajstić information content (AvgIpc) is 2.72. The summed E-state index contributed by atoms with van der Waals surface area (Å²) in [6.07, 6.45) is 6.00. The Kier molecular flexibility index (Phi) is 5.22. The van der Waals surface area contributed by atoms with Crippen LogP contribution in [0.15, 0.2) is 30.3 Å². The van der Waals surface area contributed by atoms with Gasteiger partial charge in [-0.3, -0.25) is 0 Å². The highest BCUT2D eigenvalue weighted by atomic mass is 15.1. The highest BCUT2D eigenvalue weighted by Gasteiger charge is 2.11. The fourth-order valence-corrected chi connectivity index (χ4v) is 2.51. The van der Waals surface area contributed by atoms with Crippen molar-refractivity contribution in [3.8, 4) is 0 Å². The van der Waals surface area contributed by atoms with Gasteiger partial charge in [0, 0.05) is 0 Å². The monoisotopic (exact) mass is 271 g/mol. The summed E-state index contributed by atoms with van der Waals surface area (Å²) >= 11 is 0. The molecule has 0 saturated carbocycles. The van der Waals surface area contributed by atoms with Crippen molar-refractivity contribution >= 4 is 5.82 Å². The summed E-state index contributed by atoms with van der Waals surface area (Å²) in [5.41, 5.74) is 8.59. The molecule has 2 aromatic rings. The van der Waals surface area contributed by atoms with Gasteiger partial charge < -0.3 is 10.3 Å². The van der Waals surface area contributed by atoms with Crippen LogP contribution in [0, 0.1) is 6.92 Å². The molecular formula is C17H25N3. The first-order chi connectivity index (χ1) is 9.72. The number of nitrogens with zero attached hydrogens (tertiary/aromatic N) is 2. The molecule has 0 aliphatic carbocycles. The van der Waals surface area contributed by atoms with Crippen LogP contribution in [0.2, 0.25) is 0 Å². The van der Waals surface area contributed by atoms with E-state index in [1.807, 2.05) is 13.0 Å². The molecule has 0 aliphatic rings. The molecule has 0 saturated heterocycles. The fourth-order valence-electron chi connectivity index (χ4n) is 2.51. The Morgan fingerprint density at radius 3 is 2.55 bits per heavy atom. The van der Waals surface area contributed by atoms with Crippen LogP contribution in [0.4, 0.5) is 5.82 Å². The minimum atomic E-state index is 0.806. The second-order valence-electron chi connectivity index (χ2n) is 5.37. The predicted octanol–water partition coefficient (Wildman–Crippen LogP) is 3.94. The Balaban J connectivity index is 2.05. The molecule has 3 nitrogen and oxygen atoms in total. The van der Waals surface area contributed by atoms with E-state index in [0.29, 0.717) is 0 Å². The second-order valence-corrected chi connectivity index (χ2v) is 5.37. The molecular weight excluding hydrogens is 246 g/mol. The van der Waals surface area contributed by atoms with Crippen LogP contribution in [0.5, 0.6) is 0 Å². The molecule has 20 heavy (non-hydrogen) atoms. The third-order valence-electron chi connectivity index (χ3n) is 3.72. The lowest BCUT2D eigenvalue weighted by atomic mass is 10.1. The first kappa shape index (κ1) is 14.6. The highest BCUT2D eigenvalue weighted by Crippen LogP contribution is 2.18. The molecule has 0 spiro atoms. The summed E-state index contributed by atoms with van der Waals surface area (Å²) in [5.74, 6) is 1.85. The van der Waals surface area contributed by atoms with E-state index < -0.39 is 0 Å².